The molecule has 148 valence electrons. The maximum Gasteiger partial charge on any atom is 0.311 e. The predicted molar refractivity (Wildman–Crippen MR) is 99.9 cm³/mol. The molecule has 2 N–H and O–H groups in total. The number of amides is 2. The van der Waals surface area contributed by atoms with Gasteiger partial charge in [-0.05, 0) is 31.4 Å². The number of piperidine rings is 1. The number of nitro groups is 1. The zero-order chi connectivity index (χ0) is 19.8. The standard InChI is InChI=1S/C18H26N4O5/c1-3-8-19-17(23)12-21-9-6-14(7-10-21)20-18(24)13-4-5-16(27-2)15(11-13)22(25)26/h4-5,11,14H,3,6-10,12H2,1-2H3,(H,19,23)(H,20,24). The van der Waals surface area contributed by atoms with Gasteiger partial charge in [-0.25, -0.2) is 0 Å². The molecule has 2 rings (SSSR count). The summed E-state index contributed by atoms with van der Waals surface area (Å²) in [6.07, 6.45) is 2.36. The van der Waals surface area contributed by atoms with E-state index in [1.807, 2.05) is 6.92 Å². The van der Waals surface area contributed by atoms with Gasteiger partial charge in [0.1, 0.15) is 0 Å². The van der Waals surface area contributed by atoms with E-state index in [4.69, 9.17) is 4.74 Å². The Hall–Kier alpha value is -2.68. The number of hydrogen-bond donors (Lipinski definition) is 2. The van der Waals surface area contributed by atoms with Crippen LogP contribution in [-0.2, 0) is 4.79 Å². The van der Waals surface area contributed by atoms with Crippen molar-refractivity contribution in [3.63, 3.8) is 0 Å². The summed E-state index contributed by atoms with van der Waals surface area (Å²) >= 11 is 0. The summed E-state index contributed by atoms with van der Waals surface area (Å²) in [6, 6.07) is 4.13. The van der Waals surface area contributed by atoms with Crippen molar-refractivity contribution < 1.29 is 19.2 Å². The van der Waals surface area contributed by atoms with Gasteiger partial charge in [-0.1, -0.05) is 6.92 Å². The van der Waals surface area contributed by atoms with Crippen LogP contribution in [0.25, 0.3) is 0 Å². The van der Waals surface area contributed by atoms with E-state index < -0.39 is 4.92 Å². The molecule has 27 heavy (non-hydrogen) atoms. The van der Waals surface area contributed by atoms with Crippen molar-refractivity contribution in [3.05, 3.63) is 33.9 Å². The Balaban J connectivity index is 1.86. The molecule has 1 aliphatic heterocycles. The molecule has 9 nitrogen and oxygen atoms in total. The minimum Gasteiger partial charge on any atom is -0.490 e. The highest BCUT2D eigenvalue weighted by Gasteiger charge is 2.24. The summed E-state index contributed by atoms with van der Waals surface area (Å²) in [4.78, 5) is 36.8. The van der Waals surface area contributed by atoms with Crippen molar-refractivity contribution in [2.24, 2.45) is 0 Å². The highest BCUT2D eigenvalue weighted by Crippen LogP contribution is 2.27. The minimum absolute atomic E-state index is 0.0184. The van der Waals surface area contributed by atoms with Gasteiger partial charge >= 0.3 is 5.69 Å². The van der Waals surface area contributed by atoms with Gasteiger partial charge in [0, 0.05) is 37.3 Å². The van der Waals surface area contributed by atoms with Crippen LogP contribution in [-0.4, -0.2) is 61.0 Å². The summed E-state index contributed by atoms with van der Waals surface area (Å²) in [6.45, 7) is 4.48. The Kier molecular flexibility index (Phi) is 7.54. The maximum atomic E-state index is 12.4. The quantitative estimate of drug-likeness (QED) is 0.521. The van der Waals surface area contributed by atoms with E-state index in [-0.39, 0.29) is 34.9 Å². The Bertz CT molecular complexity index is 686. The predicted octanol–water partition coefficient (Wildman–Crippen LogP) is 1.32. The number of likely N-dealkylation sites (tertiary alicyclic amines) is 1. The lowest BCUT2D eigenvalue weighted by Gasteiger charge is -2.31. The second-order valence-corrected chi connectivity index (χ2v) is 6.52. The first-order valence-electron chi connectivity index (χ1n) is 9.07. The molecule has 0 aliphatic carbocycles. The van der Waals surface area contributed by atoms with Crippen LogP contribution in [0.3, 0.4) is 0 Å². The van der Waals surface area contributed by atoms with E-state index in [0.717, 1.165) is 19.3 Å². The smallest absolute Gasteiger partial charge is 0.311 e. The summed E-state index contributed by atoms with van der Waals surface area (Å²) in [5.41, 5.74) is -0.0121. The van der Waals surface area contributed by atoms with Crippen LogP contribution in [0.4, 0.5) is 5.69 Å². The summed E-state index contributed by atoms with van der Waals surface area (Å²) < 4.78 is 4.95. The first-order chi connectivity index (χ1) is 12.9. The third kappa shape index (κ3) is 5.92. The zero-order valence-electron chi connectivity index (χ0n) is 15.7. The molecule has 0 radical (unpaired) electrons. The fraction of sp³-hybridized carbons (Fsp3) is 0.556. The monoisotopic (exact) mass is 378 g/mol. The van der Waals surface area contributed by atoms with Gasteiger partial charge in [-0.15, -0.1) is 0 Å². The third-order valence-electron chi connectivity index (χ3n) is 4.50. The Morgan fingerprint density at radius 3 is 2.63 bits per heavy atom. The van der Waals surface area contributed by atoms with Crippen molar-refractivity contribution in [1.29, 1.82) is 0 Å². The highest BCUT2D eigenvalue weighted by atomic mass is 16.6. The van der Waals surface area contributed by atoms with Crippen LogP contribution in [0, 0.1) is 10.1 Å². The molecule has 1 heterocycles. The van der Waals surface area contributed by atoms with Crippen LogP contribution in [0.2, 0.25) is 0 Å². The largest absolute Gasteiger partial charge is 0.490 e. The van der Waals surface area contributed by atoms with Crippen LogP contribution in [0.15, 0.2) is 18.2 Å². The van der Waals surface area contributed by atoms with Crippen molar-refractivity contribution in [2.75, 3.05) is 33.3 Å². The third-order valence-corrected chi connectivity index (χ3v) is 4.50. The number of nitrogens with one attached hydrogen (secondary N) is 2. The lowest BCUT2D eigenvalue weighted by molar-refractivity contribution is -0.385. The molecule has 1 aromatic rings. The van der Waals surface area contributed by atoms with E-state index in [2.05, 4.69) is 15.5 Å². The van der Waals surface area contributed by atoms with Gasteiger partial charge in [0.25, 0.3) is 5.91 Å². The van der Waals surface area contributed by atoms with Gasteiger partial charge in [-0.2, -0.15) is 0 Å². The Morgan fingerprint density at radius 1 is 1.33 bits per heavy atom. The second kappa shape index (κ2) is 9.86. The van der Waals surface area contributed by atoms with E-state index in [0.29, 0.717) is 26.2 Å². The van der Waals surface area contributed by atoms with E-state index in [1.54, 1.807) is 0 Å². The van der Waals surface area contributed by atoms with Crippen LogP contribution in [0.5, 0.6) is 5.75 Å². The Morgan fingerprint density at radius 2 is 2.04 bits per heavy atom. The molecule has 0 bridgehead atoms. The molecule has 0 atom stereocenters. The van der Waals surface area contributed by atoms with Crippen molar-refractivity contribution in [3.8, 4) is 5.75 Å². The molecule has 0 spiro atoms. The fourth-order valence-corrected chi connectivity index (χ4v) is 3.00. The average Bonchev–Trinajstić information content (AvgIpc) is 2.67. The maximum absolute atomic E-state index is 12.4. The molecule has 0 aromatic heterocycles. The van der Waals surface area contributed by atoms with E-state index in [9.17, 15) is 19.7 Å². The fourth-order valence-electron chi connectivity index (χ4n) is 3.00. The SMILES string of the molecule is CCCNC(=O)CN1CCC(NC(=O)c2ccc(OC)c([N+](=O)[O-])c2)CC1. The number of methoxy groups -OCH3 is 1. The first-order valence-corrected chi connectivity index (χ1v) is 9.07. The Labute approximate surface area is 158 Å². The number of ether oxygens (including phenoxy) is 1. The number of benzene rings is 1. The molecule has 9 heteroatoms. The number of rotatable bonds is 8. The highest BCUT2D eigenvalue weighted by molar-refractivity contribution is 5.95. The number of nitrogens with zero attached hydrogens (tertiary/aromatic N) is 2. The van der Waals surface area contributed by atoms with Crippen LogP contribution < -0.4 is 15.4 Å². The number of carbonyl (C=O) groups is 2. The lowest BCUT2D eigenvalue weighted by atomic mass is 10.0. The van der Waals surface area contributed by atoms with Crippen molar-refractivity contribution in [2.45, 2.75) is 32.2 Å². The molecule has 1 aromatic carbocycles. The molecular weight excluding hydrogens is 352 g/mol. The van der Waals surface area contributed by atoms with E-state index >= 15 is 0 Å². The van der Waals surface area contributed by atoms with Gasteiger partial charge < -0.3 is 15.4 Å². The van der Waals surface area contributed by atoms with Crippen molar-refractivity contribution in [1.82, 2.24) is 15.5 Å². The zero-order valence-corrected chi connectivity index (χ0v) is 15.7. The van der Waals surface area contributed by atoms with Gasteiger partial charge in [-0.3, -0.25) is 24.6 Å². The topological polar surface area (TPSA) is 114 Å². The van der Waals surface area contributed by atoms with Crippen LogP contribution in [0.1, 0.15) is 36.5 Å². The number of carbonyl (C=O) groups excluding carboxylic acids is 2. The summed E-state index contributed by atoms with van der Waals surface area (Å²) in [7, 11) is 1.35. The van der Waals surface area contributed by atoms with Gasteiger partial charge in [0.05, 0.1) is 18.6 Å². The number of nitro benzene ring substituents is 1. The summed E-state index contributed by atoms with van der Waals surface area (Å²) in [5.74, 6) is -0.212. The second-order valence-electron chi connectivity index (χ2n) is 6.52. The molecule has 1 saturated heterocycles. The average molecular weight is 378 g/mol. The molecule has 1 fully saturated rings. The molecule has 2 amide bonds. The molecular formula is C18H26N4O5. The van der Waals surface area contributed by atoms with Gasteiger partial charge in [0.2, 0.25) is 5.91 Å². The van der Waals surface area contributed by atoms with E-state index in [1.165, 1.54) is 25.3 Å². The van der Waals surface area contributed by atoms with Gasteiger partial charge in [0.15, 0.2) is 5.75 Å². The lowest BCUT2D eigenvalue weighted by Crippen LogP contribution is -2.47. The molecule has 1 aliphatic rings. The number of hydrogen-bond acceptors (Lipinski definition) is 6. The van der Waals surface area contributed by atoms with Crippen molar-refractivity contribution >= 4 is 17.5 Å². The molecule has 0 unspecified atom stereocenters. The molecule has 0 saturated carbocycles. The summed E-state index contributed by atoms with van der Waals surface area (Å²) in [5, 5.41) is 16.9. The minimum atomic E-state index is -0.572. The normalized spacial score (nSPS) is 15.2. The first kappa shape index (κ1) is 20.6. The van der Waals surface area contributed by atoms with Crippen LogP contribution >= 0.6 is 0 Å².